The van der Waals surface area contributed by atoms with E-state index in [9.17, 15) is 0 Å². The first-order valence-corrected chi connectivity index (χ1v) is 5.49. The van der Waals surface area contributed by atoms with Crippen LogP contribution in [0.15, 0.2) is 42.6 Å². The van der Waals surface area contributed by atoms with Gasteiger partial charge in [0.2, 0.25) is 0 Å². The second-order valence-electron chi connectivity index (χ2n) is 4.13. The second-order valence-corrected chi connectivity index (χ2v) is 4.13. The van der Waals surface area contributed by atoms with Gasteiger partial charge in [0.25, 0.3) is 0 Å². The van der Waals surface area contributed by atoms with Crippen molar-refractivity contribution in [2.75, 3.05) is 20.6 Å². The lowest BCUT2D eigenvalue weighted by atomic mass is 10.2. The average molecular weight is 215 g/mol. The lowest BCUT2D eigenvalue weighted by Gasteiger charge is -2.08. The highest BCUT2D eigenvalue weighted by Crippen LogP contribution is 2.15. The molecular formula is C13H17N3. The van der Waals surface area contributed by atoms with E-state index in [0.29, 0.717) is 0 Å². The van der Waals surface area contributed by atoms with Gasteiger partial charge in [-0.25, -0.2) is 0 Å². The monoisotopic (exact) mass is 215 g/mol. The molecule has 0 saturated carbocycles. The maximum atomic E-state index is 4.54. The molecular weight excluding hydrogens is 198 g/mol. The fourth-order valence-electron chi connectivity index (χ4n) is 1.55. The minimum Gasteiger partial charge on any atom is -0.308 e. The first kappa shape index (κ1) is 10.9. The van der Waals surface area contributed by atoms with Gasteiger partial charge in [0, 0.05) is 18.3 Å². The predicted molar refractivity (Wildman–Crippen MR) is 66.2 cm³/mol. The number of nitrogens with zero attached hydrogens (tertiary/aromatic N) is 3. The Labute approximate surface area is 96.3 Å². The van der Waals surface area contributed by atoms with E-state index in [1.54, 1.807) is 0 Å². The minimum absolute atomic E-state index is 0.930. The van der Waals surface area contributed by atoms with Crippen LogP contribution in [-0.4, -0.2) is 35.3 Å². The molecule has 2 rings (SSSR count). The Bertz CT molecular complexity index is 431. The molecule has 0 amide bonds. The largest absolute Gasteiger partial charge is 0.308 e. The van der Waals surface area contributed by atoms with Gasteiger partial charge in [0.15, 0.2) is 0 Å². The molecule has 0 fully saturated rings. The molecule has 0 aliphatic heterocycles. The molecule has 0 aliphatic rings. The Morgan fingerprint density at radius 2 is 1.88 bits per heavy atom. The van der Waals surface area contributed by atoms with Crippen molar-refractivity contribution in [2.45, 2.75) is 6.54 Å². The van der Waals surface area contributed by atoms with Crippen LogP contribution >= 0.6 is 0 Å². The molecule has 0 spiro atoms. The number of hydrogen-bond donors (Lipinski definition) is 0. The molecule has 1 heterocycles. The number of likely N-dealkylation sites (N-methyl/N-ethyl adjacent to an activating group) is 1. The van der Waals surface area contributed by atoms with Gasteiger partial charge < -0.3 is 4.90 Å². The molecule has 3 nitrogen and oxygen atoms in total. The molecule has 0 aliphatic carbocycles. The number of rotatable bonds is 4. The van der Waals surface area contributed by atoms with Gasteiger partial charge in [-0.05, 0) is 20.2 Å². The third-order valence-electron chi connectivity index (χ3n) is 2.49. The minimum atomic E-state index is 0.930. The van der Waals surface area contributed by atoms with Crippen LogP contribution in [0.5, 0.6) is 0 Å². The maximum Gasteiger partial charge on any atom is 0.0923 e. The quantitative estimate of drug-likeness (QED) is 0.779. The Morgan fingerprint density at radius 1 is 1.12 bits per heavy atom. The zero-order valence-electron chi connectivity index (χ0n) is 9.80. The molecule has 1 aromatic carbocycles. The maximum absolute atomic E-state index is 4.54. The molecule has 0 atom stereocenters. The molecule has 3 heteroatoms. The summed E-state index contributed by atoms with van der Waals surface area (Å²) < 4.78 is 1.99. The summed E-state index contributed by atoms with van der Waals surface area (Å²) in [5.41, 5.74) is 2.21. The van der Waals surface area contributed by atoms with Crippen LogP contribution in [0.4, 0.5) is 0 Å². The smallest absolute Gasteiger partial charge is 0.0923 e. The third-order valence-corrected chi connectivity index (χ3v) is 2.49. The highest BCUT2D eigenvalue weighted by molar-refractivity contribution is 5.57. The van der Waals surface area contributed by atoms with Crippen LogP contribution in [0, 0.1) is 0 Å². The van der Waals surface area contributed by atoms with E-state index in [2.05, 4.69) is 42.3 Å². The summed E-state index contributed by atoms with van der Waals surface area (Å²) >= 11 is 0. The molecule has 0 unspecified atom stereocenters. The van der Waals surface area contributed by atoms with Gasteiger partial charge in [-0.15, -0.1) is 0 Å². The third kappa shape index (κ3) is 2.70. The van der Waals surface area contributed by atoms with Crippen molar-refractivity contribution >= 4 is 0 Å². The van der Waals surface area contributed by atoms with Crippen molar-refractivity contribution in [3.05, 3.63) is 42.6 Å². The van der Waals surface area contributed by atoms with Crippen LogP contribution in [-0.2, 0) is 6.54 Å². The number of benzene rings is 1. The second kappa shape index (κ2) is 4.94. The average Bonchev–Trinajstić information content (AvgIpc) is 2.76. The number of aromatic nitrogens is 2. The predicted octanol–water partition coefficient (Wildman–Crippen LogP) is 2.11. The normalized spacial score (nSPS) is 10.9. The van der Waals surface area contributed by atoms with E-state index in [1.807, 2.05) is 29.1 Å². The van der Waals surface area contributed by atoms with Gasteiger partial charge in [-0.3, -0.25) is 4.68 Å². The lowest BCUT2D eigenvalue weighted by molar-refractivity contribution is 0.373. The Kier molecular flexibility index (Phi) is 3.37. The van der Waals surface area contributed by atoms with Crippen LogP contribution in [0.3, 0.4) is 0 Å². The van der Waals surface area contributed by atoms with Crippen molar-refractivity contribution < 1.29 is 0 Å². The summed E-state index contributed by atoms with van der Waals surface area (Å²) in [6.45, 7) is 1.94. The highest BCUT2D eigenvalue weighted by Gasteiger charge is 2.01. The van der Waals surface area contributed by atoms with Crippen LogP contribution in [0.25, 0.3) is 11.3 Å². The van der Waals surface area contributed by atoms with E-state index < -0.39 is 0 Å². The molecule has 16 heavy (non-hydrogen) atoms. The van der Waals surface area contributed by atoms with Crippen LogP contribution < -0.4 is 0 Å². The standard InChI is InChI=1S/C13H17N3/c1-15(2)10-11-16-9-8-13(14-16)12-6-4-3-5-7-12/h3-9H,10-11H2,1-2H3. The summed E-state index contributed by atoms with van der Waals surface area (Å²) in [7, 11) is 4.14. The fourth-order valence-corrected chi connectivity index (χ4v) is 1.55. The molecule has 0 radical (unpaired) electrons. The molecule has 84 valence electrons. The van der Waals surface area contributed by atoms with Crippen molar-refractivity contribution in [3.63, 3.8) is 0 Å². The van der Waals surface area contributed by atoms with Crippen LogP contribution in [0.1, 0.15) is 0 Å². The van der Waals surface area contributed by atoms with Crippen molar-refractivity contribution in [1.82, 2.24) is 14.7 Å². The van der Waals surface area contributed by atoms with Gasteiger partial charge in [-0.2, -0.15) is 5.10 Å². The van der Waals surface area contributed by atoms with Gasteiger partial charge >= 0.3 is 0 Å². The molecule has 1 aromatic heterocycles. The summed E-state index contributed by atoms with van der Waals surface area (Å²) in [6, 6.07) is 12.3. The van der Waals surface area contributed by atoms with E-state index in [4.69, 9.17) is 0 Å². The molecule has 0 bridgehead atoms. The molecule has 0 N–H and O–H groups in total. The van der Waals surface area contributed by atoms with E-state index >= 15 is 0 Å². The van der Waals surface area contributed by atoms with Gasteiger partial charge in [0.05, 0.1) is 12.2 Å². The first-order valence-electron chi connectivity index (χ1n) is 5.49. The fraction of sp³-hybridized carbons (Fsp3) is 0.308. The highest BCUT2D eigenvalue weighted by atomic mass is 15.3. The van der Waals surface area contributed by atoms with Gasteiger partial charge in [0.1, 0.15) is 0 Å². The summed E-state index contributed by atoms with van der Waals surface area (Å²) in [5.74, 6) is 0. The van der Waals surface area contributed by atoms with Crippen molar-refractivity contribution in [2.24, 2.45) is 0 Å². The molecule has 0 saturated heterocycles. The summed E-state index contributed by atoms with van der Waals surface area (Å²) in [5, 5.41) is 4.54. The molecule has 2 aromatic rings. The van der Waals surface area contributed by atoms with Gasteiger partial charge in [-0.1, -0.05) is 30.3 Å². The zero-order chi connectivity index (χ0) is 11.4. The van der Waals surface area contributed by atoms with E-state index in [-0.39, 0.29) is 0 Å². The van der Waals surface area contributed by atoms with Crippen LogP contribution in [0.2, 0.25) is 0 Å². The Morgan fingerprint density at radius 3 is 2.56 bits per heavy atom. The first-order chi connectivity index (χ1) is 7.75. The van der Waals surface area contributed by atoms with E-state index in [1.165, 1.54) is 5.56 Å². The van der Waals surface area contributed by atoms with E-state index in [0.717, 1.165) is 18.8 Å². The Balaban J connectivity index is 2.08. The lowest BCUT2D eigenvalue weighted by Crippen LogP contribution is -2.18. The van der Waals surface area contributed by atoms with Crippen molar-refractivity contribution in [3.8, 4) is 11.3 Å². The Hall–Kier alpha value is -1.61. The van der Waals surface area contributed by atoms with Crippen molar-refractivity contribution in [1.29, 1.82) is 0 Å². The summed E-state index contributed by atoms with van der Waals surface area (Å²) in [4.78, 5) is 2.16. The topological polar surface area (TPSA) is 21.1 Å². The zero-order valence-corrected chi connectivity index (χ0v) is 9.80. The summed E-state index contributed by atoms with van der Waals surface area (Å²) in [6.07, 6.45) is 2.03. The number of hydrogen-bond acceptors (Lipinski definition) is 2. The SMILES string of the molecule is CN(C)CCn1ccc(-c2ccccc2)n1.